The largest absolute Gasteiger partial charge is 0.233 e. The Labute approximate surface area is 65.1 Å². The summed E-state index contributed by atoms with van der Waals surface area (Å²) in [4.78, 5) is 4.20. The molecule has 0 spiro atoms. The van der Waals surface area contributed by atoms with Crippen molar-refractivity contribution in [2.45, 2.75) is 19.8 Å². The maximum Gasteiger partial charge on any atom is 0.166 e. The third kappa shape index (κ3) is 1.58. The standard InChI is InChI=1S/C8H9NS/c1-3-5-7-6-10-8(4-2)9-7/h2,6H,3,5H2,1H3. The number of hydrogen-bond acceptors (Lipinski definition) is 2. The molecule has 0 bridgehead atoms. The van der Waals surface area contributed by atoms with Gasteiger partial charge in [-0.05, 0) is 12.3 Å². The molecule has 0 aromatic carbocycles. The van der Waals surface area contributed by atoms with E-state index in [0.717, 1.165) is 23.5 Å². The molecule has 0 fully saturated rings. The molecule has 0 amide bonds. The lowest BCUT2D eigenvalue weighted by Crippen LogP contribution is -1.81. The van der Waals surface area contributed by atoms with Crippen LogP contribution in [0.1, 0.15) is 24.0 Å². The van der Waals surface area contributed by atoms with Crippen molar-refractivity contribution in [1.82, 2.24) is 4.98 Å². The number of rotatable bonds is 2. The molecular weight excluding hydrogens is 142 g/mol. The Morgan fingerprint density at radius 2 is 2.60 bits per heavy atom. The SMILES string of the molecule is C#Cc1nc(CCC)cs1. The number of terminal acetylenes is 1. The molecule has 0 unspecified atom stereocenters. The Morgan fingerprint density at radius 3 is 3.10 bits per heavy atom. The zero-order valence-electron chi connectivity index (χ0n) is 5.92. The fourth-order valence-electron chi connectivity index (χ4n) is 0.744. The maximum atomic E-state index is 5.16. The van der Waals surface area contributed by atoms with Gasteiger partial charge < -0.3 is 0 Å². The summed E-state index contributed by atoms with van der Waals surface area (Å²) in [6.07, 6.45) is 7.33. The van der Waals surface area contributed by atoms with Crippen LogP contribution in [-0.2, 0) is 6.42 Å². The van der Waals surface area contributed by atoms with Crippen LogP contribution in [0, 0.1) is 12.3 Å². The zero-order valence-corrected chi connectivity index (χ0v) is 6.74. The number of aryl methyl sites for hydroxylation is 1. The highest BCUT2D eigenvalue weighted by atomic mass is 32.1. The summed E-state index contributed by atoms with van der Waals surface area (Å²) in [7, 11) is 0. The Morgan fingerprint density at radius 1 is 1.80 bits per heavy atom. The van der Waals surface area contributed by atoms with Crippen LogP contribution in [0.25, 0.3) is 0 Å². The van der Waals surface area contributed by atoms with Crippen molar-refractivity contribution in [3.8, 4) is 12.3 Å². The first-order chi connectivity index (χ1) is 4.86. The van der Waals surface area contributed by atoms with Crippen LogP contribution in [0.5, 0.6) is 0 Å². The van der Waals surface area contributed by atoms with Gasteiger partial charge in [0.2, 0.25) is 0 Å². The first-order valence-corrected chi connectivity index (χ1v) is 4.15. The summed E-state index contributed by atoms with van der Waals surface area (Å²) in [5.74, 6) is 2.51. The zero-order chi connectivity index (χ0) is 7.40. The normalized spacial score (nSPS) is 9.20. The Bertz CT molecular complexity index is 244. The van der Waals surface area contributed by atoms with Gasteiger partial charge in [0, 0.05) is 5.38 Å². The first-order valence-electron chi connectivity index (χ1n) is 3.28. The van der Waals surface area contributed by atoms with Gasteiger partial charge in [0.1, 0.15) is 0 Å². The summed E-state index contributed by atoms with van der Waals surface area (Å²) < 4.78 is 0. The molecule has 0 aliphatic heterocycles. The van der Waals surface area contributed by atoms with Gasteiger partial charge in [-0.15, -0.1) is 17.8 Å². The predicted octanol–water partition coefficient (Wildman–Crippen LogP) is 2.08. The molecule has 1 heterocycles. The molecular formula is C8H9NS. The second-order valence-electron chi connectivity index (χ2n) is 2.04. The molecule has 0 radical (unpaired) electrons. The summed E-state index contributed by atoms with van der Waals surface area (Å²) in [5.41, 5.74) is 1.13. The highest BCUT2D eigenvalue weighted by molar-refractivity contribution is 7.10. The van der Waals surface area contributed by atoms with Crippen molar-refractivity contribution in [2.24, 2.45) is 0 Å². The predicted molar refractivity (Wildman–Crippen MR) is 44.0 cm³/mol. The summed E-state index contributed by atoms with van der Waals surface area (Å²) in [5, 5.41) is 2.82. The molecule has 1 aromatic rings. The second kappa shape index (κ2) is 3.38. The average Bonchev–Trinajstić information content (AvgIpc) is 2.37. The minimum Gasteiger partial charge on any atom is -0.233 e. The Hall–Kier alpha value is -0.810. The van der Waals surface area contributed by atoms with E-state index >= 15 is 0 Å². The molecule has 10 heavy (non-hydrogen) atoms. The minimum absolute atomic E-state index is 0.795. The monoisotopic (exact) mass is 151 g/mol. The highest BCUT2D eigenvalue weighted by Gasteiger charge is 1.96. The highest BCUT2D eigenvalue weighted by Crippen LogP contribution is 2.09. The molecule has 0 aliphatic carbocycles. The van der Waals surface area contributed by atoms with Crippen LogP contribution in [0.3, 0.4) is 0 Å². The second-order valence-corrected chi connectivity index (χ2v) is 2.90. The third-order valence-electron chi connectivity index (χ3n) is 1.18. The molecule has 0 saturated heterocycles. The van der Waals surface area contributed by atoms with Gasteiger partial charge in [0.05, 0.1) is 5.69 Å². The van der Waals surface area contributed by atoms with Crippen LogP contribution in [0.2, 0.25) is 0 Å². The van der Waals surface area contributed by atoms with Gasteiger partial charge in [-0.3, -0.25) is 0 Å². The van der Waals surface area contributed by atoms with Crippen molar-refractivity contribution in [3.05, 3.63) is 16.1 Å². The summed E-state index contributed by atoms with van der Waals surface area (Å²) in [6.45, 7) is 2.13. The van der Waals surface area contributed by atoms with Crippen LogP contribution in [0.4, 0.5) is 0 Å². The van der Waals surface area contributed by atoms with Crippen molar-refractivity contribution in [1.29, 1.82) is 0 Å². The third-order valence-corrected chi connectivity index (χ3v) is 2.00. The van der Waals surface area contributed by atoms with Crippen molar-refractivity contribution < 1.29 is 0 Å². The summed E-state index contributed by atoms with van der Waals surface area (Å²) >= 11 is 1.54. The molecule has 2 heteroatoms. The molecule has 52 valence electrons. The van der Waals surface area contributed by atoms with Crippen LogP contribution >= 0.6 is 11.3 Å². The van der Waals surface area contributed by atoms with Crippen LogP contribution < -0.4 is 0 Å². The Kier molecular flexibility index (Phi) is 2.47. The molecule has 0 aliphatic rings. The van der Waals surface area contributed by atoms with Gasteiger partial charge in [-0.2, -0.15) is 0 Å². The van der Waals surface area contributed by atoms with Gasteiger partial charge >= 0.3 is 0 Å². The Balaban J connectivity index is 2.71. The molecule has 0 atom stereocenters. The van der Waals surface area contributed by atoms with E-state index < -0.39 is 0 Å². The molecule has 1 aromatic heterocycles. The number of nitrogens with zero attached hydrogens (tertiary/aromatic N) is 1. The fourth-order valence-corrected chi connectivity index (χ4v) is 1.40. The first kappa shape index (κ1) is 7.30. The smallest absolute Gasteiger partial charge is 0.166 e. The maximum absolute atomic E-state index is 5.16. The van der Waals surface area contributed by atoms with Crippen LogP contribution in [-0.4, -0.2) is 4.98 Å². The molecule has 1 nitrogen and oxygen atoms in total. The lowest BCUT2D eigenvalue weighted by Gasteiger charge is -1.85. The van der Waals surface area contributed by atoms with Gasteiger partial charge in [-0.1, -0.05) is 13.3 Å². The van der Waals surface area contributed by atoms with Crippen LogP contribution in [0.15, 0.2) is 5.38 Å². The van der Waals surface area contributed by atoms with E-state index in [-0.39, 0.29) is 0 Å². The number of hydrogen-bond donors (Lipinski definition) is 0. The summed E-state index contributed by atoms with van der Waals surface area (Å²) in [6, 6.07) is 0. The van der Waals surface area contributed by atoms with E-state index in [9.17, 15) is 0 Å². The number of aromatic nitrogens is 1. The van der Waals surface area contributed by atoms with E-state index in [4.69, 9.17) is 6.42 Å². The van der Waals surface area contributed by atoms with E-state index in [2.05, 4.69) is 17.8 Å². The van der Waals surface area contributed by atoms with E-state index in [1.807, 2.05) is 5.38 Å². The molecule has 0 saturated carbocycles. The fraction of sp³-hybridized carbons (Fsp3) is 0.375. The lowest BCUT2D eigenvalue weighted by molar-refractivity contribution is 0.891. The van der Waals surface area contributed by atoms with E-state index in [0.29, 0.717) is 0 Å². The minimum atomic E-state index is 0.795. The quantitative estimate of drug-likeness (QED) is 0.590. The topological polar surface area (TPSA) is 12.9 Å². The lowest BCUT2D eigenvalue weighted by atomic mass is 10.3. The molecule has 0 N–H and O–H groups in total. The van der Waals surface area contributed by atoms with Gasteiger partial charge in [0.15, 0.2) is 5.01 Å². The van der Waals surface area contributed by atoms with Crippen molar-refractivity contribution in [3.63, 3.8) is 0 Å². The number of thiazole rings is 1. The average molecular weight is 151 g/mol. The van der Waals surface area contributed by atoms with E-state index in [1.165, 1.54) is 0 Å². The van der Waals surface area contributed by atoms with Crippen molar-refractivity contribution in [2.75, 3.05) is 0 Å². The van der Waals surface area contributed by atoms with E-state index in [1.54, 1.807) is 11.3 Å². The van der Waals surface area contributed by atoms with Gasteiger partial charge in [-0.25, -0.2) is 4.98 Å². The van der Waals surface area contributed by atoms with Gasteiger partial charge in [0.25, 0.3) is 0 Å². The molecule has 1 rings (SSSR count). The van der Waals surface area contributed by atoms with Crippen molar-refractivity contribution >= 4 is 11.3 Å².